The molecule has 1 aliphatic heterocycles. The molecule has 2 aromatic carbocycles. The fraction of sp³-hybridized carbons (Fsp3) is 0.167. The van der Waals surface area contributed by atoms with Crippen LogP contribution in [0.2, 0.25) is 0 Å². The number of rotatable bonds is 6. The van der Waals surface area contributed by atoms with Crippen LogP contribution < -0.4 is 4.74 Å². The summed E-state index contributed by atoms with van der Waals surface area (Å²) in [7, 11) is 1.56. The molecule has 1 aliphatic rings. The number of carbonyl (C=O) groups excluding carboxylic acids is 2. The van der Waals surface area contributed by atoms with Gasteiger partial charge in [-0.2, -0.15) is 0 Å². The Labute approximate surface area is 174 Å². The molecule has 0 bridgehead atoms. The van der Waals surface area contributed by atoms with Crippen LogP contribution in [0.15, 0.2) is 82.7 Å². The molecule has 0 fully saturated rings. The summed E-state index contributed by atoms with van der Waals surface area (Å²) in [5.41, 5.74) is 2.45. The molecule has 1 amide bonds. The molecule has 1 N–H and O–H groups in total. The summed E-state index contributed by atoms with van der Waals surface area (Å²) in [6.07, 6.45) is 1.39. The lowest BCUT2D eigenvalue weighted by molar-refractivity contribution is -0.130. The number of hydrogen-bond donors (Lipinski definition) is 1. The zero-order valence-electron chi connectivity index (χ0n) is 16.7. The molecular weight excluding hydrogens is 382 g/mol. The van der Waals surface area contributed by atoms with Crippen molar-refractivity contribution in [3.8, 4) is 5.75 Å². The van der Waals surface area contributed by atoms with E-state index >= 15 is 0 Å². The quantitative estimate of drug-likeness (QED) is 0.618. The molecule has 0 saturated heterocycles. The molecule has 1 aromatic heterocycles. The second kappa shape index (κ2) is 7.91. The fourth-order valence-corrected chi connectivity index (χ4v) is 3.82. The summed E-state index contributed by atoms with van der Waals surface area (Å²) < 4.78 is 10.7. The number of amides is 1. The molecule has 6 heteroatoms. The maximum atomic E-state index is 13.2. The van der Waals surface area contributed by atoms with Crippen molar-refractivity contribution in [1.29, 1.82) is 0 Å². The van der Waals surface area contributed by atoms with Crippen LogP contribution in [0.4, 0.5) is 0 Å². The molecule has 6 nitrogen and oxygen atoms in total. The number of ketones is 1. The summed E-state index contributed by atoms with van der Waals surface area (Å²) in [4.78, 5) is 27.7. The Bertz CT molecular complexity index is 1130. The predicted molar refractivity (Wildman–Crippen MR) is 110 cm³/mol. The van der Waals surface area contributed by atoms with E-state index in [1.807, 2.05) is 49.4 Å². The Morgan fingerprint density at radius 2 is 1.83 bits per heavy atom. The number of ether oxygens (including phenoxy) is 1. The van der Waals surface area contributed by atoms with Crippen LogP contribution >= 0.6 is 0 Å². The molecule has 0 radical (unpaired) electrons. The highest BCUT2D eigenvalue weighted by Gasteiger charge is 2.45. The number of Topliss-reactive ketones (excluding diaryl/α,β-unsaturated/α-hetero) is 1. The van der Waals surface area contributed by atoms with Gasteiger partial charge < -0.3 is 19.2 Å². The van der Waals surface area contributed by atoms with Crippen molar-refractivity contribution >= 4 is 11.7 Å². The normalized spacial score (nSPS) is 16.3. The number of aliphatic hydroxyl groups is 1. The maximum Gasteiger partial charge on any atom is 0.290 e. The number of aryl methyl sites for hydroxylation is 1. The van der Waals surface area contributed by atoms with Gasteiger partial charge in [0.15, 0.2) is 11.5 Å². The lowest BCUT2D eigenvalue weighted by atomic mass is 9.92. The van der Waals surface area contributed by atoms with Crippen molar-refractivity contribution in [2.45, 2.75) is 19.5 Å². The van der Waals surface area contributed by atoms with Crippen LogP contribution in [0, 0.1) is 6.92 Å². The summed E-state index contributed by atoms with van der Waals surface area (Å²) in [5, 5.41) is 10.7. The molecule has 1 unspecified atom stereocenters. The Balaban J connectivity index is 1.83. The average molecular weight is 403 g/mol. The minimum absolute atomic E-state index is 0.0131. The molecule has 1 atom stereocenters. The molecule has 152 valence electrons. The zero-order chi connectivity index (χ0) is 21.3. The van der Waals surface area contributed by atoms with E-state index in [0.717, 1.165) is 16.7 Å². The summed E-state index contributed by atoms with van der Waals surface area (Å²) in [6.45, 7) is 2.08. The fourth-order valence-electron chi connectivity index (χ4n) is 3.82. The van der Waals surface area contributed by atoms with Crippen LogP contribution in [0.3, 0.4) is 0 Å². The van der Waals surface area contributed by atoms with Gasteiger partial charge in [0.2, 0.25) is 5.78 Å². The summed E-state index contributed by atoms with van der Waals surface area (Å²) in [5.74, 6) is -0.980. The lowest BCUT2D eigenvalue weighted by Gasteiger charge is -2.28. The molecule has 2 heterocycles. The number of carbonyl (C=O) groups is 2. The van der Waals surface area contributed by atoms with Crippen molar-refractivity contribution in [2.24, 2.45) is 0 Å². The Morgan fingerprint density at radius 3 is 2.53 bits per heavy atom. The van der Waals surface area contributed by atoms with E-state index < -0.39 is 23.5 Å². The highest BCUT2D eigenvalue weighted by Crippen LogP contribution is 2.41. The number of aliphatic hydroxyl groups excluding tert-OH is 1. The van der Waals surface area contributed by atoms with E-state index in [1.54, 1.807) is 19.2 Å². The van der Waals surface area contributed by atoms with Crippen LogP contribution in [0.1, 0.15) is 33.3 Å². The smallest absolute Gasteiger partial charge is 0.290 e. The second-order valence-electron chi connectivity index (χ2n) is 7.07. The first kappa shape index (κ1) is 19.5. The minimum Gasteiger partial charge on any atom is -0.503 e. The van der Waals surface area contributed by atoms with Crippen LogP contribution in [0.5, 0.6) is 5.75 Å². The van der Waals surface area contributed by atoms with Crippen LogP contribution in [-0.4, -0.2) is 28.8 Å². The lowest BCUT2D eigenvalue weighted by Crippen LogP contribution is -2.31. The van der Waals surface area contributed by atoms with Gasteiger partial charge in [-0.1, -0.05) is 42.5 Å². The van der Waals surface area contributed by atoms with Gasteiger partial charge in [-0.05, 0) is 36.2 Å². The zero-order valence-corrected chi connectivity index (χ0v) is 16.7. The van der Waals surface area contributed by atoms with Crippen molar-refractivity contribution < 1.29 is 23.8 Å². The summed E-state index contributed by atoms with van der Waals surface area (Å²) >= 11 is 0. The van der Waals surface area contributed by atoms with Crippen molar-refractivity contribution in [1.82, 2.24) is 4.90 Å². The number of benzene rings is 2. The first-order valence-corrected chi connectivity index (χ1v) is 9.52. The van der Waals surface area contributed by atoms with Gasteiger partial charge in [0.25, 0.3) is 5.91 Å². The Morgan fingerprint density at radius 1 is 1.10 bits per heavy atom. The van der Waals surface area contributed by atoms with E-state index in [4.69, 9.17) is 9.15 Å². The SMILES string of the molecule is COc1ccccc1CN1C(=O)C(O)=C(C(=O)c2ccco2)C1c1ccccc1C. The first-order chi connectivity index (χ1) is 14.5. The van der Waals surface area contributed by atoms with Gasteiger partial charge in [0, 0.05) is 5.56 Å². The van der Waals surface area contributed by atoms with Gasteiger partial charge in [0.05, 0.1) is 31.5 Å². The van der Waals surface area contributed by atoms with Crippen molar-refractivity contribution in [3.05, 3.63) is 101 Å². The average Bonchev–Trinajstić information content (AvgIpc) is 3.38. The van der Waals surface area contributed by atoms with Gasteiger partial charge in [0.1, 0.15) is 5.75 Å². The minimum atomic E-state index is -0.749. The predicted octanol–water partition coefficient (Wildman–Crippen LogP) is 4.38. The molecule has 0 spiro atoms. The Hall–Kier alpha value is -3.80. The first-order valence-electron chi connectivity index (χ1n) is 9.52. The molecule has 30 heavy (non-hydrogen) atoms. The highest BCUT2D eigenvalue weighted by atomic mass is 16.5. The van der Waals surface area contributed by atoms with Gasteiger partial charge >= 0.3 is 0 Å². The third kappa shape index (κ3) is 3.26. The maximum absolute atomic E-state index is 13.2. The largest absolute Gasteiger partial charge is 0.503 e. The van der Waals surface area contributed by atoms with E-state index in [-0.39, 0.29) is 17.9 Å². The van der Waals surface area contributed by atoms with Crippen LogP contribution in [-0.2, 0) is 11.3 Å². The highest BCUT2D eigenvalue weighted by molar-refractivity contribution is 6.15. The third-order valence-electron chi connectivity index (χ3n) is 5.31. The van der Waals surface area contributed by atoms with Crippen molar-refractivity contribution in [2.75, 3.05) is 7.11 Å². The monoisotopic (exact) mass is 403 g/mol. The number of methoxy groups -OCH3 is 1. The van der Waals surface area contributed by atoms with Gasteiger partial charge in [-0.15, -0.1) is 0 Å². The standard InChI is InChI=1S/C24H21NO5/c1-15-8-3-5-10-17(15)21-20(22(26)19-12-7-13-30-19)23(27)24(28)25(21)14-16-9-4-6-11-18(16)29-2/h3-13,21,27H,14H2,1-2H3. The van der Waals surface area contributed by atoms with Crippen molar-refractivity contribution in [3.63, 3.8) is 0 Å². The van der Waals surface area contributed by atoms with Gasteiger partial charge in [-0.3, -0.25) is 9.59 Å². The number of para-hydroxylation sites is 1. The number of hydrogen-bond acceptors (Lipinski definition) is 5. The Kier molecular flexibility index (Phi) is 5.14. The van der Waals surface area contributed by atoms with Crippen LogP contribution in [0.25, 0.3) is 0 Å². The second-order valence-corrected chi connectivity index (χ2v) is 7.07. The molecule has 3 aromatic rings. The van der Waals surface area contributed by atoms with E-state index in [9.17, 15) is 14.7 Å². The van der Waals surface area contributed by atoms with E-state index in [1.165, 1.54) is 17.2 Å². The molecule has 0 aliphatic carbocycles. The number of furan rings is 1. The molecule has 0 saturated carbocycles. The van der Waals surface area contributed by atoms with Gasteiger partial charge in [-0.25, -0.2) is 0 Å². The summed E-state index contributed by atoms with van der Waals surface area (Å²) in [6, 6.07) is 17.2. The topological polar surface area (TPSA) is 80.0 Å². The van der Waals surface area contributed by atoms with E-state index in [2.05, 4.69) is 0 Å². The number of nitrogens with zero attached hydrogens (tertiary/aromatic N) is 1. The third-order valence-corrected chi connectivity index (χ3v) is 5.31. The molecular formula is C24H21NO5. The van der Waals surface area contributed by atoms with E-state index in [0.29, 0.717) is 5.75 Å². The molecule has 4 rings (SSSR count).